The zero-order valence-corrected chi connectivity index (χ0v) is 12.1. The summed E-state index contributed by atoms with van der Waals surface area (Å²) >= 11 is 18.1. The third-order valence-corrected chi connectivity index (χ3v) is 3.65. The van der Waals surface area contributed by atoms with Crippen LogP contribution in [0, 0.1) is 6.92 Å². The molecule has 0 aliphatic carbocycles. The average molecular weight is 301 g/mol. The first-order valence-electron chi connectivity index (χ1n) is 5.51. The van der Waals surface area contributed by atoms with Gasteiger partial charge in [0, 0.05) is 32.9 Å². The standard InChI is InChI=1S/C14H12Cl3N/c1-9-7-10(15)5-6-14(9)18-8-11-12(16)3-2-4-13(11)17/h2-7,18H,8H2,1H3. The van der Waals surface area contributed by atoms with Gasteiger partial charge in [-0.1, -0.05) is 40.9 Å². The van der Waals surface area contributed by atoms with Crippen molar-refractivity contribution in [3.8, 4) is 0 Å². The van der Waals surface area contributed by atoms with Crippen LogP contribution < -0.4 is 5.32 Å². The average Bonchev–Trinajstić information content (AvgIpc) is 2.31. The second-order valence-electron chi connectivity index (χ2n) is 4.01. The van der Waals surface area contributed by atoms with E-state index >= 15 is 0 Å². The quantitative estimate of drug-likeness (QED) is 0.781. The summed E-state index contributed by atoms with van der Waals surface area (Å²) in [7, 11) is 0. The SMILES string of the molecule is Cc1cc(Cl)ccc1NCc1c(Cl)cccc1Cl. The molecule has 0 spiro atoms. The molecule has 0 aliphatic rings. The number of hydrogen-bond donors (Lipinski definition) is 1. The van der Waals surface area contributed by atoms with Gasteiger partial charge in [0.1, 0.15) is 0 Å². The van der Waals surface area contributed by atoms with Gasteiger partial charge in [-0.3, -0.25) is 0 Å². The molecule has 0 saturated carbocycles. The van der Waals surface area contributed by atoms with Crippen molar-refractivity contribution >= 4 is 40.5 Å². The molecule has 0 radical (unpaired) electrons. The molecule has 0 unspecified atom stereocenters. The van der Waals surface area contributed by atoms with Crippen molar-refractivity contribution in [2.24, 2.45) is 0 Å². The fourth-order valence-electron chi connectivity index (χ4n) is 1.71. The second kappa shape index (κ2) is 5.83. The third-order valence-electron chi connectivity index (χ3n) is 2.71. The molecule has 0 saturated heterocycles. The van der Waals surface area contributed by atoms with Crippen molar-refractivity contribution in [1.29, 1.82) is 0 Å². The lowest BCUT2D eigenvalue weighted by Crippen LogP contribution is -2.02. The van der Waals surface area contributed by atoms with Crippen molar-refractivity contribution in [1.82, 2.24) is 0 Å². The maximum absolute atomic E-state index is 6.12. The highest BCUT2D eigenvalue weighted by Gasteiger charge is 2.06. The first-order valence-corrected chi connectivity index (χ1v) is 6.64. The highest BCUT2D eigenvalue weighted by atomic mass is 35.5. The Kier molecular flexibility index (Phi) is 4.39. The molecule has 4 heteroatoms. The lowest BCUT2D eigenvalue weighted by molar-refractivity contribution is 1.14. The van der Waals surface area contributed by atoms with Crippen LogP contribution in [0.1, 0.15) is 11.1 Å². The first kappa shape index (κ1) is 13.5. The summed E-state index contributed by atoms with van der Waals surface area (Å²) in [6.07, 6.45) is 0. The second-order valence-corrected chi connectivity index (χ2v) is 5.26. The topological polar surface area (TPSA) is 12.0 Å². The molecule has 0 amide bonds. The van der Waals surface area contributed by atoms with Gasteiger partial charge < -0.3 is 5.32 Å². The number of halogens is 3. The van der Waals surface area contributed by atoms with E-state index in [1.54, 1.807) is 0 Å². The number of nitrogens with one attached hydrogen (secondary N) is 1. The number of rotatable bonds is 3. The predicted molar refractivity (Wildman–Crippen MR) is 80.0 cm³/mol. The van der Waals surface area contributed by atoms with E-state index in [4.69, 9.17) is 34.8 Å². The predicted octanol–water partition coefficient (Wildman–Crippen LogP) is 5.57. The molecule has 0 fully saturated rings. The number of anilines is 1. The molecule has 0 bridgehead atoms. The molecular formula is C14H12Cl3N. The summed E-state index contributed by atoms with van der Waals surface area (Å²) in [6.45, 7) is 2.59. The Morgan fingerprint density at radius 1 is 1.00 bits per heavy atom. The molecule has 2 aromatic carbocycles. The maximum Gasteiger partial charge on any atom is 0.0470 e. The van der Waals surface area contributed by atoms with Crippen molar-refractivity contribution in [3.63, 3.8) is 0 Å². The van der Waals surface area contributed by atoms with E-state index in [0.717, 1.165) is 21.8 Å². The fourth-order valence-corrected chi connectivity index (χ4v) is 2.47. The molecule has 1 nitrogen and oxygen atoms in total. The summed E-state index contributed by atoms with van der Waals surface area (Å²) in [4.78, 5) is 0. The molecule has 0 aromatic heterocycles. The van der Waals surface area contributed by atoms with E-state index in [9.17, 15) is 0 Å². The van der Waals surface area contributed by atoms with Crippen LogP contribution in [-0.2, 0) is 6.54 Å². The lowest BCUT2D eigenvalue weighted by atomic mass is 10.1. The number of aryl methyl sites for hydroxylation is 1. The zero-order valence-electron chi connectivity index (χ0n) is 9.81. The minimum atomic E-state index is 0.584. The van der Waals surface area contributed by atoms with E-state index < -0.39 is 0 Å². The van der Waals surface area contributed by atoms with Crippen molar-refractivity contribution in [3.05, 3.63) is 62.6 Å². The Morgan fingerprint density at radius 3 is 2.28 bits per heavy atom. The van der Waals surface area contributed by atoms with Crippen LogP contribution in [-0.4, -0.2) is 0 Å². The van der Waals surface area contributed by atoms with Crippen LogP contribution in [0.2, 0.25) is 15.1 Å². The highest BCUT2D eigenvalue weighted by molar-refractivity contribution is 6.36. The van der Waals surface area contributed by atoms with Crippen molar-refractivity contribution < 1.29 is 0 Å². The summed E-state index contributed by atoms with van der Waals surface area (Å²) in [6, 6.07) is 11.2. The van der Waals surface area contributed by atoms with E-state index in [0.29, 0.717) is 16.6 Å². The summed E-state index contributed by atoms with van der Waals surface area (Å²) in [5.74, 6) is 0. The number of hydrogen-bond acceptors (Lipinski definition) is 1. The van der Waals surface area contributed by atoms with Crippen LogP contribution in [0.15, 0.2) is 36.4 Å². The van der Waals surface area contributed by atoms with E-state index in [2.05, 4.69) is 5.32 Å². The highest BCUT2D eigenvalue weighted by Crippen LogP contribution is 2.26. The van der Waals surface area contributed by atoms with Crippen LogP contribution >= 0.6 is 34.8 Å². The van der Waals surface area contributed by atoms with Crippen molar-refractivity contribution in [2.45, 2.75) is 13.5 Å². The summed E-state index contributed by atoms with van der Waals surface area (Å²) in [5, 5.41) is 5.38. The van der Waals surface area contributed by atoms with Gasteiger partial charge in [-0.15, -0.1) is 0 Å². The Balaban J connectivity index is 2.16. The first-order chi connectivity index (χ1) is 8.58. The fraction of sp³-hybridized carbons (Fsp3) is 0.143. The third kappa shape index (κ3) is 3.11. The zero-order chi connectivity index (χ0) is 13.1. The van der Waals surface area contributed by atoms with E-state index in [1.807, 2.05) is 43.3 Å². The Bertz CT molecular complexity index is 547. The molecule has 18 heavy (non-hydrogen) atoms. The maximum atomic E-state index is 6.12. The largest absolute Gasteiger partial charge is 0.381 e. The van der Waals surface area contributed by atoms with Crippen LogP contribution in [0.25, 0.3) is 0 Å². The molecule has 94 valence electrons. The molecule has 0 aliphatic heterocycles. The van der Waals surface area contributed by atoms with Crippen LogP contribution in [0.4, 0.5) is 5.69 Å². The summed E-state index contributed by atoms with van der Waals surface area (Å²) in [5.41, 5.74) is 3.01. The van der Waals surface area contributed by atoms with Gasteiger partial charge in [-0.25, -0.2) is 0 Å². The van der Waals surface area contributed by atoms with Gasteiger partial charge in [-0.05, 0) is 42.8 Å². The van der Waals surface area contributed by atoms with E-state index in [-0.39, 0.29) is 0 Å². The van der Waals surface area contributed by atoms with Gasteiger partial charge in [-0.2, -0.15) is 0 Å². The molecule has 2 rings (SSSR count). The molecule has 0 heterocycles. The van der Waals surface area contributed by atoms with Gasteiger partial charge >= 0.3 is 0 Å². The summed E-state index contributed by atoms with van der Waals surface area (Å²) < 4.78 is 0. The normalized spacial score (nSPS) is 10.4. The van der Waals surface area contributed by atoms with Crippen LogP contribution in [0.3, 0.4) is 0 Å². The minimum Gasteiger partial charge on any atom is -0.381 e. The molecular weight excluding hydrogens is 289 g/mol. The lowest BCUT2D eigenvalue weighted by Gasteiger charge is -2.12. The van der Waals surface area contributed by atoms with Crippen LogP contribution in [0.5, 0.6) is 0 Å². The molecule has 0 atom stereocenters. The Morgan fingerprint density at radius 2 is 1.67 bits per heavy atom. The van der Waals surface area contributed by atoms with Crippen molar-refractivity contribution in [2.75, 3.05) is 5.32 Å². The smallest absolute Gasteiger partial charge is 0.0470 e. The van der Waals surface area contributed by atoms with Gasteiger partial charge in [0.25, 0.3) is 0 Å². The number of benzene rings is 2. The van der Waals surface area contributed by atoms with Gasteiger partial charge in [0.05, 0.1) is 0 Å². The Hall–Kier alpha value is -0.890. The molecule has 1 N–H and O–H groups in total. The van der Waals surface area contributed by atoms with Gasteiger partial charge in [0.15, 0.2) is 0 Å². The van der Waals surface area contributed by atoms with Gasteiger partial charge in [0.2, 0.25) is 0 Å². The van der Waals surface area contributed by atoms with E-state index in [1.165, 1.54) is 0 Å². The Labute approximate surface area is 122 Å². The monoisotopic (exact) mass is 299 g/mol. The molecule has 2 aromatic rings. The minimum absolute atomic E-state index is 0.584.